The molecule has 0 spiro atoms. The van der Waals surface area contributed by atoms with Crippen LogP contribution in [0.4, 0.5) is 5.69 Å². The fourth-order valence-corrected chi connectivity index (χ4v) is 2.95. The van der Waals surface area contributed by atoms with Crippen LogP contribution in [0, 0.1) is 6.92 Å². The van der Waals surface area contributed by atoms with E-state index in [4.69, 9.17) is 5.73 Å². The van der Waals surface area contributed by atoms with Gasteiger partial charge in [-0.1, -0.05) is 18.2 Å². The number of nitrogens with zero attached hydrogens (tertiary/aromatic N) is 2. The zero-order valence-corrected chi connectivity index (χ0v) is 12.6. The summed E-state index contributed by atoms with van der Waals surface area (Å²) in [5, 5.41) is 10.0. The number of aromatic nitrogens is 2. The molecule has 0 unspecified atom stereocenters. The molecular formula is C16H13N3O2S. The van der Waals surface area contributed by atoms with E-state index in [0.717, 1.165) is 16.9 Å². The van der Waals surface area contributed by atoms with Gasteiger partial charge in [-0.25, -0.2) is 9.78 Å². The number of nitrogens with two attached hydrogens (primary N) is 1. The molecule has 3 rings (SSSR count). The predicted octanol–water partition coefficient (Wildman–Crippen LogP) is 3.46. The maximum absolute atomic E-state index is 11.5. The first-order chi connectivity index (χ1) is 10.6. The van der Waals surface area contributed by atoms with Gasteiger partial charge in [-0.05, 0) is 30.7 Å². The first-order valence-electron chi connectivity index (χ1n) is 6.58. The number of carboxylic acid groups (broad SMARTS) is 1. The lowest BCUT2D eigenvalue weighted by molar-refractivity contribution is 0.0702. The maximum atomic E-state index is 11.5. The van der Waals surface area contributed by atoms with E-state index in [-0.39, 0.29) is 4.88 Å². The molecule has 0 aliphatic carbocycles. The van der Waals surface area contributed by atoms with Crippen LogP contribution in [0.3, 0.4) is 0 Å². The number of aromatic carboxylic acids is 1. The van der Waals surface area contributed by atoms with Gasteiger partial charge in [0.2, 0.25) is 0 Å². The molecule has 0 aliphatic heterocycles. The Balaban J connectivity index is 2.16. The van der Waals surface area contributed by atoms with Gasteiger partial charge in [0.25, 0.3) is 0 Å². The summed E-state index contributed by atoms with van der Waals surface area (Å²) in [6, 6.07) is 10.9. The third kappa shape index (κ3) is 2.56. The minimum Gasteiger partial charge on any atom is -0.477 e. The van der Waals surface area contributed by atoms with Crippen LogP contribution < -0.4 is 5.73 Å². The number of carboxylic acids is 1. The van der Waals surface area contributed by atoms with Crippen molar-refractivity contribution >= 4 is 23.0 Å². The number of benzene rings is 1. The quantitative estimate of drug-likeness (QED) is 0.723. The highest BCUT2D eigenvalue weighted by Gasteiger charge is 2.20. The molecule has 0 saturated carbocycles. The number of pyridine rings is 1. The lowest BCUT2D eigenvalue weighted by atomic mass is 10.1. The van der Waals surface area contributed by atoms with Gasteiger partial charge in [-0.15, -0.1) is 11.3 Å². The normalized spacial score (nSPS) is 10.6. The Morgan fingerprint density at radius 2 is 2.09 bits per heavy atom. The highest BCUT2D eigenvalue weighted by atomic mass is 32.1. The highest BCUT2D eigenvalue weighted by Crippen LogP contribution is 2.34. The highest BCUT2D eigenvalue weighted by molar-refractivity contribution is 7.17. The summed E-state index contributed by atoms with van der Waals surface area (Å²) in [7, 11) is 0. The second kappa shape index (κ2) is 5.57. The number of rotatable bonds is 3. The molecule has 0 aliphatic rings. The Hall–Kier alpha value is -2.73. The summed E-state index contributed by atoms with van der Waals surface area (Å²) in [4.78, 5) is 20.4. The number of hydrogen-bond donors (Lipinski definition) is 2. The van der Waals surface area contributed by atoms with Crippen molar-refractivity contribution in [2.24, 2.45) is 0 Å². The zero-order chi connectivity index (χ0) is 15.7. The van der Waals surface area contributed by atoms with Crippen LogP contribution in [0.25, 0.3) is 22.0 Å². The third-order valence-corrected chi connectivity index (χ3v) is 4.32. The molecule has 0 amide bonds. The Morgan fingerprint density at radius 3 is 2.73 bits per heavy atom. The van der Waals surface area contributed by atoms with Gasteiger partial charge in [0.1, 0.15) is 9.88 Å². The van der Waals surface area contributed by atoms with Gasteiger partial charge >= 0.3 is 5.97 Å². The average molecular weight is 311 g/mol. The zero-order valence-electron chi connectivity index (χ0n) is 11.8. The fraction of sp³-hybridized carbons (Fsp3) is 0.0625. The molecule has 6 heteroatoms. The number of anilines is 1. The van der Waals surface area contributed by atoms with Crippen molar-refractivity contribution in [2.75, 3.05) is 5.73 Å². The Bertz CT molecular complexity index is 844. The summed E-state index contributed by atoms with van der Waals surface area (Å²) < 4.78 is 0. The summed E-state index contributed by atoms with van der Waals surface area (Å²) in [6.45, 7) is 1.90. The second-order valence-electron chi connectivity index (χ2n) is 4.79. The molecule has 2 aromatic heterocycles. The van der Waals surface area contributed by atoms with Crippen molar-refractivity contribution in [3.63, 3.8) is 0 Å². The Kier molecular flexibility index (Phi) is 3.60. The molecule has 22 heavy (non-hydrogen) atoms. The van der Waals surface area contributed by atoms with Gasteiger partial charge in [0.15, 0.2) is 0 Å². The van der Waals surface area contributed by atoms with Crippen LogP contribution in [0.15, 0.2) is 42.6 Å². The molecule has 0 bridgehead atoms. The smallest absolute Gasteiger partial charge is 0.348 e. The van der Waals surface area contributed by atoms with E-state index >= 15 is 0 Å². The number of hydrogen-bond acceptors (Lipinski definition) is 5. The van der Waals surface area contributed by atoms with Crippen LogP contribution in [0.1, 0.15) is 15.2 Å². The summed E-state index contributed by atoms with van der Waals surface area (Å²) in [6.07, 6.45) is 1.65. The minimum absolute atomic E-state index is 0.184. The second-order valence-corrected chi connectivity index (χ2v) is 5.79. The molecule has 3 aromatic rings. The van der Waals surface area contributed by atoms with Crippen LogP contribution in [-0.4, -0.2) is 21.0 Å². The monoisotopic (exact) mass is 311 g/mol. The summed E-state index contributed by atoms with van der Waals surface area (Å²) in [5.41, 5.74) is 9.24. The van der Waals surface area contributed by atoms with Crippen LogP contribution in [-0.2, 0) is 0 Å². The molecule has 3 N–H and O–H groups in total. The van der Waals surface area contributed by atoms with Gasteiger partial charge in [-0.3, -0.25) is 4.98 Å². The van der Waals surface area contributed by atoms with Crippen LogP contribution in [0.2, 0.25) is 0 Å². The molecule has 0 radical (unpaired) electrons. The van der Waals surface area contributed by atoms with Gasteiger partial charge in [0, 0.05) is 17.4 Å². The SMILES string of the molecule is Cc1ccc(-c2nc(-c3ccccn3)sc2C(=O)O)cc1N. The largest absolute Gasteiger partial charge is 0.477 e. The summed E-state index contributed by atoms with van der Waals surface area (Å²) in [5.74, 6) is -1.01. The van der Waals surface area contributed by atoms with Crippen molar-refractivity contribution in [3.8, 4) is 22.0 Å². The number of aryl methyl sites for hydroxylation is 1. The van der Waals surface area contributed by atoms with Crippen molar-refractivity contribution < 1.29 is 9.90 Å². The van der Waals surface area contributed by atoms with E-state index in [1.54, 1.807) is 24.4 Å². The van der Waals surface area contributed by atoms with E-state index in [9.17, 15) is 9.90 Å². The van der Waals surface area contributed by atoms with Crippen molar-refractivity contribution in [3.05, 3.63) is 53.0 Å². The van der Waals surface area contributed by atoms with E-state index in [1.165, 1.54) is 0 Å². The van der Waals surface area contributed by atoms with Gasteiger partial charge < -0.3 is 10.8 Å². The lowest BCUT2D eigenvalue weighted by Gasteiger charge is -2.03. The molecule has 0 saturated heterocycles. The number of carbonyl (C=O) groups is 1. The van der Waals surface area contributed by atoms with E-state index < -0.39 is 5.97 Å². The van der Waals surface area contributed by atoms with E-state index in [2.05, 4.69) is 9.97 Å². The molecule has 5 nitrogen and oxygen atoms in total. The Labute approximate surface area is 131 Å². The van der Waals surface area contributed by atoms with Crippen molar-refractivity contribution in [1.29, 1.82) is 0 Å². The maximum Gasteiger partial charge on any atom is 0.348 e. The van der Waals surface area contributed by atoms with Gasteiger partial charge in [0.05, 0.1) is 11.4 Å². The number of nitrogen functional groups attached to an aromatic ring is 1. The predicted molar refractivity (Wildman–Crippen MR) is 86.9 cm³/mol. The Morgan fingerprint density at radius 1 is 1.27 bits per heavy atom. The van der Waals surface area contributed by atoms with Crippen LogP contribution in [0.5, 0.6) is 0 Å². The summed E-state index contributed by atoms with van der Waals surface area (Å²) >= 11 is 1.11. The van der Waals surface area contributed by atoms with Gasteiger partial charge in [-0.2, -0.15) is 0 Å². The first kappa shape index (κ1) is 14.2. The van der Waals surface area contributed by atoms with E-state index in [1.807, 2.05) is 25.1 Å². The van der Waals surface area contributed by atoms with Crippen molar-refractivity contribution in [2.45, 2.75) is 6.92 Å². The topological polar surface area (TPSA) is 89.1 Å². The van der Waals surface area contributed by atoms with Crippen LogP contribution >= 0.6 is 11.3 Å². The molecule has 0 fully saturated rings. The molecule has 110 valence electrons. The number of thiazole rings is 1. The standard InChI is InChI=1S/C16H13N3O2S/c1-9-5-6-10(8-11(9)17)13-14(16(20)21)22-15(19-13)12-4-2-3-7-18-12/h2-8H,17H2,1H3,(H,20,21). The van der Waals surface area contributed by atoms with Crippen molar-refractivity contribution in [1.82, 2.24) is 9.97 Å². The lowest BCUT2D eigenvalue weighted by Crippen LogP contribution is -1.96. The first-order valence-corrected chi connectivity index (χ1v) is 7.40. The third-order valence-electron chi connectivity index (χ3n) is 3.26. The van der Waals surface area contributed by atoms with E-state index in [0.29, 0.717) is 27.6 Å². The molecule has 0 atom stereocenters. The fourth-order valence-electron chi connectivity index (χ4n) is 2.05. The average Bonchev–Trinajstić information content (AvgIpc) is 2.96. The molecular weight excluding hydrogens is 298 g/mol. The molecule has 1 aromatic carbocycles. The minimum atomic E-state index is -1.01. The molecule has 2 heterocycles.